The van der Waals surface area contributed by atoms with Crippen LogP contribution in [-0.2, 0) is 6.54 Å². The number of benzene rings is 3. The van der Waals surface area contributed by atoms with E-state index in [0.29, 0.717) is 16.9 Å². The lowest BCUT2D eigenvalue weighted by Gasteiger charge is -2.15. The van der Waals surface area contributed by atoms with Gasteiger partial charge in [0.2, 0.25) is 0 Å². The van der Waals surface area contributed by atoms with Gasteiger partial charge in [0.05, 0.1) is 17.6 Å². The lowest BCUT2D eigenvalue weighted by Crippen LogP contribution is -2.32. The zero-order valence-corrected chi connectivity index (χ0v) is 16.6. The van der Waals surface area contributed by atoms with Gasteiger partial charge in [0.25, 0.3) is 5.56 Å². The molecule has 0 saturated carbocycles. The Labute approximate surface area is 173 Å². The van der Waals surface area contributed by atoms with E-state index in [2.05, 4.69) is 5.10 Å². The molecule has 0 bridgehead atoms. The van der Waals surface area contributed by atoms with Crippen LogP contribution in [0.15, 0.2) is 83.7 Å². The summed E-state index contributed by atoms with van der Waals surface area (Å²) in [4.78, 5) is 12.6. The number of aliphatic hydroxyl groups excluding tert-OH is 1. The monoisotopic (exact) mass is 402 g/mol. The first-order valence-corrected chi connectivity index (χ1v) is 9.70. The third-order valence-electron chi connectivity index (χ3n) is 4.68. The molecule has 0 aliphatic carbocycles. The number of aliphatic hydroxyl groups is 1. The fourth-order valence-electron chi connectivity index (χ4n) is 3.20. The minimum Gasteiger partial charge on any atom is -0.491 e. The van der Waals surface area contributed by atoms with Gasteiger partial charge in [-0.25, -0.2) is 4.68 Å². The molecule has 0 unspecified atom stereocenters. The highest BCUT2D eigenvalue weighted by molar-refractivity contribution is 5.83. The molecule has 4 rings (SSSR count). The Morgan fingerprint density at radius 1 is 0.867 bits per heavy atom. The van der Waals surface area contributed by atoms with Crippen molar-refractivity contribution >= 4 is 10.8 Å². The van der Waals surface area contributed by atoms with Crippen LogP contribution in [0.25, 0.3) is 10.8 Å². The summed E-state index contributed by atoms with van der Waals surface area (Å²) in [7, 11) is 0. The van der Waals surface area contributed by atoms with Crippen LogP contribution in [0.1, 0.15) is 5.69 Å². The highest BCUT2D eigenvalue weighted by Gasteiger charge is 2.12. The highest BCUT2D eigenvalue weighted by atomic mass is 16.5. The zero-order chi connectivity index (χ0) is 20.9. The quantitative estimate of drug-likeness (QED) is 0.507. The molecule has 152 valence electrons. The fourth-order valence-corrected chi connectivity index (χ4v) is 3.20. The van der Waals surface area contributed by atoms with Gasteiger partial charge in [-0.2, -0.15) is 5.10 Å². The number of aryl methyl sites for hydroxylation is 1. The lowest BCUT2D eigenvalue weighted by atomic mass is 10.1. The Bertz CT molecular complexity index is 1190. The number of para-hydroxylation sites is 1. The molecule has 1 aromatic heterocycles. The Morgan fingerprint density at radius 2 is 1.47 bits per heavy atom. The predicted molar refractivity (Wildman–Crippen MR) is 115 cm³/mol. The standard InChI is InChI=1S/C24H22N2O4/c1-17-22-9-5-6-10-23(22)24(28)26(25-17)15-18(27)16-29-19-11-13-21(14-12-19)30-20-7-3-2-4-8-20/h2-14,18,27H,15-16H2,1H3/t18-/m1/s1. The number of hydrogen-bond donors (Lipinski definition) is 1. The Kier molecular flexibility index (Phi) is 5.77. The van der Waals surface area contributed by atoms with Crippen molar-refractivity contribution in [3.05, 3.63) is 94.9 Å². The Balaban J connectivity index is 1.37. The van der Waals surface area contributed by atoms with Crippen molar-refractivity contribution in [1.29, 1.82) is 0 Å². The second kappa shape index (κ2) is 8.80. The molecule has 30 heavy (non-hydrogen) atoms. The van der Waals surface area contributed by atoms with Crippen LogP contribution in [0.5, 0.6) is 17.2 Å². The minimum absolute atomic E-state index is 0.0406. The number of aromatic nitrogens is 2. The van der Waals surface area contributed by atoms with E-state index in [1.54, 1.807) is 30.3 Å². The van der Waals surface area contributed by atoms with Crippen molar-refractivity contribution < 1.29 is 14.6 Å². The summed E-state index contributed by atoms with van der Waals surface area (Å²) < 4.78 is 12.7. The van der Waals surface area contributed by atoms with Gasteiger partial charge in [-0.1, -0.05) is 36.4 Å². The minimum atomic E-state index is -0.879. The normalized spacial score (nSPS) is 11.9. The van der Waals surface area contributed by atoms with Gasteiger partial charge in [-0.05, 0) is 49.4 Å². The summed E-state index contributed by atoms with van der Waals surface area (Å²) >= 11 is 0. The average molecular weight is 402 g/mol. The molecule has 0 saturated heterocycles. The SMILES string of the molecule is Cc1nn(C[C@@H](O)COc2ccc(Oc3ccccc3)cc2)c(=O)c2ccccc12. The van der Waals surface area contributed by atoms with Crippen LogP contribution >= 0.6 is 0 Å². The lowest BCUT2D eigenvalue weighted by molar-refractivity contribution is 0.0880. The van der Waals surface area contributed by atoms with Crippen LogP contribution in [0.3, 0.4) is 0 Å². The van der Waals surface area contributed by atoms with E-state index in [4.69, 9.17) is 9.47 Å². The third kappa shape index (κ3) is 4.50. The molecule has 0 spiro atoms. The maximum absolute atomic E-state index is 12.6. The molecule has 0 aliphatic rings. The van der Waals surface area contributed by atoms with Crippen molar-refractivity contribution in [2.75, 3.05) is 6.61 Å². The first-order chi connectivity index (χ1) is 14.6. The van der Waals surface area contributed by atoms with E-state index in [-0.39, 0.29) is 18.7 Å². The largest absolute Gasteiger partial charge is 0.491 e. The van der Waals surface area contributed by atoms with Crippen LogP contribution in [0, 0.1) is 6.92 Å². The summed E-state index contributed by atoms with van der Waals surface area (Å²) in [5.74, 6) is 2.05. The van der Waals surface area contributed by atoms with Crippen LogP contribution in [-0.4, -0.2) is 27.6 Å². The van der Waals surface area contributed by atoms with Gasteiger partial charge in [-0.3, -0.25) is 4.79 Å². The van der Waals surface area contributed by atoms with Crippen molar-refractivity contribution in [2.45, 2.75) is 19.6 Å². The molecule has 0 aliphatic heterocycles. The van der Waals surface area contributed by atoms with Gasteiger partial charge < -0.3 is 14.6 Å². The molecule has 4 aromatic rings. The smallest absolute Gasteiger partial charge is 0.274 e. The second-order valence-corrected chi connectivity index (χ2v) is 6.97. The first kappa shape index (κ1) is 19.7. The average Bonchev–Trinajstić information content (AvgIpc) is 2.77. The van der Waals surface area contributed by atoms with E-state index in [9.17, 15) is 9.90 Å². The Morgan fingerprint density at radius 3 is 2.20 bits per heavy atom. The van der Waals surface area contributed by atoms with Gasteiger partial charge in [0, 0.05) is 5.39 Å². The molecule has 1 atom stereocenters. The highest BCUT2D eigenvalue weighted by Crippen LogP contribution is 2.23. The molecule has 6 heteroatoms. The molecular formula is C24H22N2O4. The number of fused-ring (bicyclic) bond motifs is 1. The zero-order valence-electron chi connectivity index (χ0n) is 16.6. The topological polar surface area (TPSA) is 73.6 Å². The van der Waals surface area contributed by atoms with Gasteiger partial charge in [0.15, 0.2) is 0 Å². The molecule has 3 aromatic carbocycles. The van der Waals surface area contributed by atoms with Crippen LogP contribution in [0.4, 0.5) is 0 Å². The molecule has 1 N–H and O–H groups in total. The van der Waals surface area contributed by atoms with Crippen molar-refractivity contribution in [2.24, 2.45) is 0 Å². The Hall–Kier alpha value is -3.64. The number of rotatable bonds is 7. The summed E-state index contributed by atoms with van der Waals surface area (Å²) in [6.07, 6.45) is -0.879. The van der Waals surface area contributed by atoms with Crippen molar-refractivity contribution in [3.63, 3.8) is 0 Å². The second-order valence-electron chi connectivity index (χ2n) is 6.97. The summed E-state index contributed by atoms with van der Waals surface area (Å²) in [6, 6.07) is 24.0. The maximum atomic E-state index is 12.6. The summed E-state index contributed by atoms with van der Waals surface area (Å²) in [5, 5.41) is 16.1. The number of ether oxygens (including phenoxy) is 2. The van der Waals surface area contributed by atoms with Crippen molar-refractivity contribution in [1.82, 2.24) is 9.78 Å². The molecule has 0 amide bonds. The number of hydrogen-bond acceptors (Lipinski definition) is 5. The number of nitrogens with zero attached hydrogens (tertiary/aromatic N) is 2. The van der Waals surface area contributed by atoms with E-state index < -0.39 is 6.10 Å². The van der Waals surface area contributed by atoms with E-state index >= 15 is 0 Å². The summed E-state index contributed by atoms with van der Waals surface area (Å²) in [6.45, 7) is 1.94. The van der Waals surface area contributed by atoms with Crippen molar-refractivity contribution in [3.8, 4) is 17.2 Å². The van der Waals surface area contributed by atoms with Gasteiger partial charge in [0.1, 0.15) is 30.0 Å². The van der Waals surface area contributed by atoms with Crippen LogP contribution in [0.2, 0.25) is 0 Å². The maximum Gasteiger partial charge on any atom is 0.274 e. The van der Waals surface area contributed by atoms with Gasteiger partial charge >= 0.3 is 0 Å². The van der Waals surface area contributed by atoms with E-state index in [1.807, 2.05) is 55.5 Å². The van der Waals surface area contributed by atoms with Gasteiger partial charge in [-0.15, -0.1) is 0 Å². The molecule has 0 radical (unpaired) electrons. The fraction of sp³-hybridized carbons (Fsp3) is 0.167. The third-order valence-corrected chi connectivity index (χ3v) is 4.68. The molecular weight excluding hydrogens is 380 g/mol. The van der Waals surface area contributed by atoms with E-state index in [1.165, 1.54) is 4.68 Å². The first-order valence-electron chi connectivity index (χ1n) is 9.70. The summed E-state index contributed by atoms with van der Waals surface area (Å²) in [5.41, 5.74) is 0.519. The van der Waals surface area contributed by atoms with Crippen LogP contribution < -0.4 is 15.0 Å². The molecule has 1 heterocycles. The molecule has 6 nitrogen and oxygen atoms in total. The molecule has 0 fully saturated rings. The predicted octanol–water partition coefficient (Wildman–Crippen LogP) is 3.94. The van der Waals surface area contributed by atoms with E-state index in [0.717, 1.165) is 16.8 Å².